The normalized spacial score (nSPS) is 11.1. The number of hydrogen-bond acceptors (Lipinski definition) is 4. The molecule has 2 aromatic rings. The van der Waals surface area contributed by atoms with E-state index < -0.39 is 18.9 Å². The van der Waals surface area contributed by atoms with Gasteiger partial charge in [-0.25, -0.2) is 13.8 Å². The van der Waals surface area contributed by atoms with E-state index in [0.717, 1.165) is 9.60 Å². The van der Waals surface area contributed by atoms with Crippen molar-refractivity contribution in [2.75, 3.05) is 19.3 Å². The van der Waals surface area contributed by atoms with Crippen LogP contribution < -0.4 is 5.73 Å². The summed E-state index contributed by atoms with van der Waals surface area (Å²) in [6.45, 7) is -0.582. The molecule has 0 aliphatic carbocycles. The summed E-state index contributed by atoms with van der Waals surface area (Å²) in [5, 5.41) is 0.413. The van der Waals surface area contributed by atoms with Crippen LogP contribution in [0, 0.1) is 0 Å². The van der Waals surface area contributed by atoms with Crippen molar-refractivity contribution in [3.8, 4) is 0 Å². The predicted molar refractivity (Wildman–Crippen MR) is 67.0 cm³/mol. The van der Waals surface area contributed by atoms with Gasteiger partial charge in [-0.1, -0.05) is 11.3 Å². The lowest BCUT2D eigenvalue weighted by molar-refractivity contribution is 0.0620. The number of carbonyl (C=O) groups is 1. The number of amides is 1. The highest BCUT2D eigenvalue weighted by Crippen LogP contribution is 2.25. The molecule has 0 atom stereocenters. The van der Waals surface area contributed by atoms with Crippen LogP contribution in [0.15, 0.2) is 18.2 Å². The molecule has 2 N–H and O–H groups in total. The molecule has 0 unspecified atom stereocenters. The number of fused-ring (bicyclic) bond motifs is 1. The third-order valence-electron chi connectivity index (χ3n) is 2.41. The molecule has 0 fully saturated rings. The fraction of sp³-hybridized carbons (Fsp3) is 0.273. The Balaban J connectivity index is 2.27. The first kappa shape index (κ1) is 12.7. The Morgan fingerprint density at radius 2 is 2.28 bits per heavy atom. The summed E-state index contributed by atoms with van der Waals surface area (Å²) in [7, 11) is 1.35. The molecule has 1 heterocycles. The summed E-state index contributed by atoms with van der Waals surface area (Å²) in [5.74, 6) is -0.441. The Labute approximate surface area is 106 Å². The van der Waals surface area contributed by atoms with Crippen molar-refractivity contribution in [1.29, 1.82) is 0 Å². The number of aromatic nitrogens is 1. The zero-order valence-corrected chi connectivity index (χ0v) is 10.4. The SMILES string of the molecule is CN(CC(F)F)C(=O)c1ccc2nc(N)sc2c1. The monoisotopic (exact) mass is 271 g/mol. The van der Waals surface area contributed by atoms with Gasteiger partial charge in [0.25, 0.3) is 12.3 Å². The number of anilines is 1. The lowest BCUT2D eigenvalue weighted by atomic mass is 10.2. The summed E-state index contributed by atoms with van der Waals surface area (Å²) >= 11 is 1.26. The van der Waals surface area contributed by atoms with Crippen molar-refractivity contribution in [3.05, 3.63) is 23.8 Å². The van der Waals surface area contributed by atoms with E-state index in [0.29, 0.717) is 16.2 Å². The minimum Gasteiger partial charge on any atom is -0.375 e. The molecular formula is C11H11F2N3OS. The number of nitrogen functional groups attached to an aromatic ring is 1. The molecule has 1 aromatic heterocycles. The average Bonchev–Trinajstić information content (AvgIpc) is 2.65. The molecule has 2 rings (SSSR count). The highest BCUT2D eigenvalue weighted by atomic mass is 32.1. The number of halogens is 2. The molecule has 18 heavy (non-hydrogen) atoms. The lowest BCUT2D eigenvalue weighted by Gasteiger charge is -2.16. The Kier molecular flexibility index (Phi) is 3.42. The molecule has 0 bridgehead atoms. The Bertz CT molecular complexity index is 585. The molecule has 0 spiro atoms. The Morgan fingerprint density at radius 1 is 1.56 bits per heavy atom. The summed E-state index contributed by atoms with van der Waals surface area (Å²) in [5.41, 5.74) is 6.61. The minimum atomic E-state index is -2.54. The third kappa shape index (κ3) is 2.56. The van der Waals surface area contributed by atoms with Crippen LogP contribution in [0.25, 0.3) is 10.2 Å². The fourth-order valence-corrected chi connectivity index (χ4v) is 2.36. The van der Waals surface area contributed by atoms with Gasteiger partial charge in [0.05, 0.1) is 16.8 Å². The van der Waals surface area contributed by atoms with Gasteiger partial charge in [-0.05, 0) is 18.2 Å². The number of hydrogen-bond donors (Lipinski definition) is 1. The van der Waals surface area contributed by atoms with Crippen LogP contribution in [0.3, 0.4) is 0 Å². The summed E-state index contributed by atoms with van der Waals surface area (Å²) in [6, 6.07) is 4.84. The maximum absolute atomic E-state index is 12.2. The maximum Gasteiger partial charge on any atom is 0.255 e. The Hall–Kier alpha value is -1.76. The number of nitrogens with two attached hydrogens (primary N) is 1. The Morgan fingerprint density at radius 3 is 2.94 bits per heavy atom. The molecular weight excluding hydrogens is 260 g/mol. The van der Waals surface area contributed by atoms with Gasteiger partial charge in [0.2, 0.25) is 0 Å². The second-order valence-corrected chi connectivity index (χ2v) is 4.87. The first-order valence-corrected chi connectivity index (χ1v) is 5.98. The highest BCUT2D eigenvalue weighted by Gasteiger charge is 2.16. The number of benzene rings is 1. The van der Waals surface area contributed by atoms with E-state index in [-0.39, 0.29) is 0 Å². The van der Waals surface area contributed by atoms with E-state index in [1.807, 2.05) is 0 Å². The first-order valence-electron chi connectivity index (χ1n) is 5.17. The molecule has 7 heteroatoms. The van der Waals surface area contributed by atoms with Crippen LogP contribution in [0.5, 0.6) is 0 Å². The number of alkyl halides is 2. The van der Waals surface area contributed by atoms with Gasteiger partial charge < -0.3 is 10.6 Å². The summed E-state index contributed by atoms with van der Waals surface area (Å²) in [6.07, 6.45) is -2.54. The lowest BCUT2D eigenvalue weighted by Crippen LogP contribution is -2.31. The topological polar surface area (TPSA) is 59.2 Å². The van der Waals surface area contributed by atoms with Gasteiger partial charge in [-0.2, -0.15) is 0 Å². The van der Waals surface area contributed by atoms with Crippen molar-refractivity contribution in [2.24, 2.45) is 0 Å². The van der Waals surface area contributed by atoms with Gasteiger partial charge in [-0.3, -0.25) is 4.79 Å². The summed E-state index contributed by atoms with van der Waals surface area (Å²) < 4.78 is 25.2. The van der Waals surface area contributed by atoms with Crippen molar-refractivity contribution in [1.82, 2.24) is 9.88 Å². The molecule has 0 saturated carbocycles. The zero-order chi connectivity index (χ0) is 13.3. The fourth-order valence-electron chi connectivity index (χ4n) is 1.59. The van der Waals surface area contributed by atoms with Crippen LogP contribution in [-0.4, -0.2) is 35.8 Å². The van der Waals surface area contributed by atoms with E-state index in [9.17, 15) is 13.6 Å². The van der Waals surface area contributed by atoms with Gasteiger partial charge in [-0.15, -0.1) is 0 Å². The molecule has 0 radical (unpaired) electrons. The largest absolute Gasteiger partial charge is 0.375 e. The van der Waals surface area contributed by atoms with Crippen LogP contribution in [0.4, 0.5) is 13.9 Å². The van der Waals surface area contributed by atoms with E-state index in [1.165, 1.54) is 18.4 Å². The van der Waals surface area contributed by atoms with Crippen molar-refractivity contribution < 1.29 is 13.6 Å². The van der Waals surface area contributed by atoms with E-state index in [1.54, 1.807) is 18.2 Å². The van der Waals surface area contributed by atoms with Crippen molar-refractivity contribution in [3.63, 3.8) is 0 Å². The highest BCUT2D eigenvalue weighted by molar-refractivity contribution is 7.22. The van der Waals surface area contributed by atoms with Gasteiger partial charge in [0.15, 0.2) is 5.13 Å². The van der Waals surface area contributed by atoms with Crippen LogP contribution in [0.2, 0.25) is 0 Å². The smallest absolute Gasteiger partial charge is 0.255 e. The predicted octanol–water partition coefficient (Wildman–Crippen LogP) is 2.22. The van der Waals surface area contributed by atoms with Crippen molar-refractivity contribution >= 4 is 32.6 Å². The molecule has 1 aromatic carbocycles. The minimum absolute atomic E-state index is 0.356. The second kappa shape index (κ2) is 4.85. The zero-order valence-electron chi connectivity index (χ0n) is 9.56. The number of carbonyl (C=O) groups excluding carboxylic acids is 1. The average molecular weight is 271 g/mol. The van der Waals surface area contributed by atoms with Crippen molar-refractivity contribution in [2.45, 2.75) is 6.43 Å². The third-order valence-corrected chi connectivity index (χ3v) is 3.26. The summed E-state index contributed by atoms with van der Waals surface area (Å²) in [4.78, 5) is 16.9. The molecule has 1 amide bonds. The van der Waals surface area contributed by atoms with Gasteiger partial charge >= 0.3 is 0 Å². The van der Waals surface area contributed by atoms with Crippen LogP contribution in [-0.2, 0) is 0 Å². The standard InChI is InChI=1S/C11H11F2N3OS/c1-16(5-9(12)13)10(17)6-2-3-7-8(4-6)18-11(14)15-7/h2-4,9H,5H2,1H3,(H2,14,15). The van der Waals surface area contributed by atoms with Crippen LogP contribution >= 0.6 is 11.3 Å². The van der Waals surface area contributed by atoms with Gasteiger partial charge in [0.1, 0.15) is 0 Å². The number of rotatable bonds is 3. The van der Waals surface area contributed by atoms with Gasteiger partial charge in [0, 0.05) is 12.6 Å². The number of nitrogens with zero attached hydrogens (tertiary/aromatic N) is 2. The molecule has 0 aliphatic heterocycles. The van der Waals surface area contributed by atoms with E-state index in [2.05, 4.69) is 4.98 Å². The molecule has 96 valence electrons. The van der Waals surface area contributed by atoms with E-state index in [4.69, 9.17) is 5.73 Å². The van der Waals surface area contributed by atoms with E-state index >= 15 is 0 Å². The maximum atomic E-state index is 12.2. The quantitative estimate of drug-likeness (QED) is 0.931. The first-order chi connectivity index (χ1) is 8.47. The molecule has 0 aliphatic rings. The number of thiazole rings is 1. The van der Waals surface area contributed by atoms with Crippen LogP contribution in [0.1, 0.15) is 10.4 Å². The second-order valence-electron chi connectivity index (χ2n) is 3.81. The molecule has 4 nitrogen and oxygen atoms in total. The molecule has 0 saturated heterocycles.